The molecule has 0 aliphatic heterocycles. The summed E-state index contributed by atoms with van der Waals surface area (Å²) in [5.41, 5.74) is 0. The molecule has 4 heteroatoms. The van der Waals surface area contributed by atoms with Gasteiger partial charge in [-0.15, -0.1) is 13.0 Å². The van der Waals surface area contributed by atoms with Gasteiger partial charge in [0.1, 0.15) is 6.61 Å². The molecule has 0 aliphatic rings. The molecule has 0 saturated heterocycles. The summed E-state index contributed by atoms with van der Waals surface area (Å²) in [5.74, 6) is 2.36. The molecule has 0 bridgehead atoms. The summed E-state index contributed by atoms with van der Waals surface area (Å²) >= 11 is 0. The Balaban J connectivity index is 0. The summed E-state index contributed by atoms with van der Waals surface area (Å²) in [6, 6.07) is 0. The molecule has 68 valence electrons. The molecule has 0 fully saturated rings. The van der Waals surface area contributed by atoms with Crippen molar-refractivity contribution in [3.05, 3.63) is 12.7 Å². The van der Waals surface area contributed by atoms with E-state index in [1.807, 2.05) is 6.92 Å². The summed E-state index contributed by atoms with van der Waals surface area (Å²) in [5, 5.41) is 13.9. The van der Waals surface area contributed by atoms with Crippen LogP contribution in [0.15, 0.2) is 12.7 Å². The van der Waals surface area contributed by atoms with Crippen molar-refractivity contribution >= 4 is 6.16 Å². The SMILES string of the molecule is C#CCOC(C)C=C.O=C(O)O. The number of rotatable bonds is 3. The summed E-state index contributed by atoms with van der Waals surface area (Å²) < 4.78 is 4.99. The molecular weight excluding hydrogens is 160 g/mol. The zero-order valence-corrected chi connectivity index (χ0v) is 6.86. The van der Waals surface area contributed by atoms with Gasteiger partial charge in [-0.05, 0) is 6.92 Å². The van der Waals surface area contributed by atoms with E-state index in [0.29, 0.717) is 6.61 Å². The van der Waals surface area contributed by atoms with E-state index in [1.165, 1.54) is 0 Å². The van der Waals surface area contributed by atoms with Crippen LogP contribution < -0.4 is 0 Å². The van der Waals surface area contributed by atoms with E-state index in [2.05, 4.69) is 12.5 Å². The predicted octanol–water partition coefficient (Wildman–Crippen LogP) is 1.43. The highest BCUT2D eigenvalue weighted by Gasteiger charge is 1.89. The third kappa shape index (κ3) is 23.6. The Morgan fingerprint density at radius 3 is 2.50 bits per heavy atom. The molecule has 0 aromatic carbocycles. The average molecular weight is 172 g/mol. The third-order valence-corrected chi connectivity index (χ3v) is 0.761. The highest BCUT2D eigenvalue weighted by molar-refractivity contribution is 5.53. The van der Waals surface area contributed by atoms with Crippen molar-refractivity contribution in [1.82, 2.24) is 0 Å². The molecule has 0 aromatic rings. The number of hydrogen-bond donors (Lipinski definition) is 2. The molecule has 0 spiro atoms. The molecule has 0 radical (unpaired) electrons. The van der Waals surface area contributed by atoms with E-state index >= 15 is 0 Å². The number of carbonyl (C=O) groups is 1. The Labute approximate surface area is 71.5 Å². The van der Waals surface area contributed by atoms with E-state index in [9.17, 15) is 0 Å². The molecule has 0 aromatic heterocycles. The van der Waals surface area contributed by atoms with Crippen molar-refractivity contribution in [2.75, 3.05) is 6.61 Å². The van der Waals surface area contributed by atoms with Crippen molar-refractivity contribution in [1.29, 1.82) is 0 Å². The van der Waals surface area contributed by atoms with Crippen LogP contribution in [-0.4, -0.2) is 29.1 Å². The molecular formula is C8H12O4. The predicted molar refractivity (Wildman–Crippen MR) is 45.1 cm³/mol. The van der Waals surface area contributed by atoms with E-state index in [1.54, 1.807) is 6.08 Å². The second-order valence-electron chi connectivity index (χ2n) is 1.74. The lowest BCUT2D eigenvalue weighted by atomic mass is 10.4. The first kappa shape index (κ1) is 13.1. The lowest BCUT2D eigenvalue weighted by molar-refractivity contribution is 0.127. The molecule has 0 heterocycles. The maximum atomic E-state index is 8.56. The van der Waals surface area contributed by atoms with Crippen LogP contribution in [0.5, 0.6) is 0 Å². The Kier molecular flexibility index (Phi) is 10.4. The van der Waals surface area contributed by atoms with Crippen LogP contribution in [0, 0.1) is 12.3 Å². The van der Waals surface area contributed by atoms with Crippen molar-refractivity contribution in [3.8, 4) is 12.3 Å². The van der Waals surface area contributed by atoms with Crippen molar-refractivity contribution < 1.29 is 19.7 Å². The van der Waals surface area contributed by atoms with Gasteiger partial charge in [-0.3, -0.25) is 0 Å². The Morgan fingerprint density at radius 2 is 2.25 bits per heavy atom. The van der Waals surface area contributed by atoms with Gasteiger partial charge in [0.25, 0.3) is 0 Å². The second kappa shape index (κ2) is 9.53. The average Bonchev–Trinajstić information content (AvgIpc) is 1.99. The summed E-state index contributed by atoms with van der Waals surface area (Å²) in [6.07, 6.45) is 4.87. The van der Waals surface area contributed by atoms with Crippen molar-refractivity contribution in [2.45, 2.75) is 13.0 Å². The zero-order valence-electron chi connectivity index (χ0n) is 6.86. The highest BCUT2D eigenvalue weighted by Crippen LogP contribution is 1.87. The minimum absolute atomic E-state index is 0.0750. The van der Waals surface area contributed by atoms with Crippen LogP contribution >= 0.6 is 0 Å². The smallest absolute Gasteiger partial charge is 0.450 e. The van der Waals surface area contributed by atoms with Crippen LogP contribution in [0.2, 0.25) is 0 Å². The lowest BCUT2D eigenvalue weighted by Gasteiger charge is -2.01. The largest absolute Gasteiger partial charge is 0.503 e. The normalized spacial score (nSPS) is 10.0. The van der Waals surface area contributed by atoms with E-state index < -0.39 is 6.16 Å². The van der Waals surface area contributed by atoms with Gasteiger partial charge in [-0.25, -0.2) is 4.79 Å². The molecule has 1 atom stereocenters. The van der Waals surface area contributed by atoms with Gasteiger partial charge >= 0.3 is 6.16 Å². The summed E-state index contributed by atoms with van der Waals surface area (Å²) in [4.78, 5) is 8.56. The van der Waals surface area contributed by atoms with Gasteiger partial charge in [-0.1, -0.05) is 12.0 Å². The van der Waals surface area contributed by atoms with E-state index in [4.69, 9.17) is 26.2 Å². The number of terminal acetylenes is 1. The van der Waals surface area contributed by atoms with Crippen molar-refractivity contribution in [3.63, 3.8) is 0 Å². The molecule has 12 heavy (non-hydrogen) atoms. The fraction of sp³-hybridized carbons (Fsp3) is 0.375. The monoisotopic (exact) mass is 172 g/mol. The molecule has 4 nitrogen and oxygen atoms in total. The van der Waals surface area contributed by atoms with E-state index in [-0.39, 0.29) is 6.10 Å². The standard InChI is InChI=1S/C7H10O.CH2O3/c1-4-6-8-7(3)5-2;2-1(3)4/h1,5,7H,2,6H2,3H3;(H2,2,3,4). The Hall–Kier alpha value is -1.47. The molecule has 1 unspecified atom stereocenters. The molecule has 0 amide bonds. The van der Waals surface area contributed by atoms with Crippen LogP contribution in [0.4, 0.5) is 4.79 Å². The third-order valence-electron chi connectivity index (χ3n) is 0.761. The summed E-state index contributed by atoms with van der Waals surface area (Å²) in [7, 11) is 0. The van der Waals surface area contributed by atoms with Crippen molar-refractivity contribution in [2.24, 2.45) is 0 Å². The molecule has 0 rings (SSSR count). The first-order valence-electron chi connectivity index (χ1n) is 3.14. The summed E-state index contributed by atoms with van der Waals surface area (Å²) in [6.45, 7) is 5.78. The molecule has 0 saturated carbocycles. The molecule has 0 aliphatic carbocycles. The zero-order chi connectivity index (χ0) is 9.98. The second-order valence-corrected chi connectivity index (χ2v) is 1.74. The fourth-order valence-corrected chi connectivity index (χ4v) is 0.248. The quantitative estimate of drug-likeness (QED) is 0.499. The van der Waals surface area contributed by atoms with Gasteiger partial charge in [0.15, 0.2) is 0 Å². The van der Waals surface area contributed by atoms with E-state index in [0.717, 1.165) is 0 Å². The maximum Gasteiger partial charge on any atom is 0.503 e. The Bertz CT molecular complexity index is 164. The minimum atomic E-state index is -1.83. The first-order valence-corrected chi connectivity index (χ1v) is 3.14. The van der Waals surface area contributed by atoms with Gasteiger partial charge in [0.2, 0.25) is 0 Å². The minimum Gasteiger partial charge on any atom is -0.450 e. The van der Waals surface area contributed by atoms with Crippen LogP contribution in [0.25, 0.3) is 0 Å². The van der Waals surface area contributed by atoms with Crippen LogP contribution in [0.1, 0.15) is 6.92 Å². The lowest BCUT2D eigenvalue weighted by Crippen LogP contribution is -2.02. The van der Waals surface area contributed by atoms with Gasteiger partial charge < -0.3 is 14.9 Å². The highest BCUT2D eigenvalue weighted by atomic mass is 16.6. The first-order chi connectivity index (χ1) is 5.54. The van der Waals surface area contributed by atoms with Crippen LogP contribution in [-0.2, 0) is 4.74 Å². The van der Waals surface area contributed by atoms with Gasteiger partial charge in [0.05, 0.1) is 6.10 Å². The van der Waals surface area contributed by atoms with Crippen LogP contribution in [0.3, 0.4) is 0 Å². The van der Waals surface area contributed by atoms with Gasteiger partial charge in [-0.2, -0.15) is 0 Å². The number of ether oxygens (including phenoxy) is 1. The fourth-order valence-electron chi connectivity index (χ4n) is 0.248. The Morgan fingerprint density at radius 1 is 1.83 bits per heavy atom. The van der Waals surface area contributed by atoms with Gasteiger partial charge in [0, 0.05) is 0 Å². The number of hydrogen-bond acceptors (Lipinski definition) is 2. The number of carboxylic acid groups (broad SMARTS) is 2. The maximum absolute atomic E-state index is 8.56. The topological polar surface area (TPSA) is 66.8 Å². The molecule has 2 N–H and O–H groups in total.